The van der Waals surface area contributed by atoms with Gasteiger partial charge in [-0.2, -0.15) is 0 Å². The standard InChI is InChI=1S/C55H77N9O15/c1-11-17-41(66)56-30(6)47(69)61-46(32(8)78-54(76)31(7)57-42(67)18-12-2)51(73)62-45-33(9)79-55(77)44(29(4)5)60-49(71)39(27-35-21-23-36(65)24-22-35)63(10)53(75)40(28-34-19-15-14-16-20-34)64-43(68)26-25-38(52(64)74)59-48(70)37(13-3)58-50(45)72/h13-16,19-24,29-33,38-40,43-46,65,68H,11-12,17-18,25-28H2,1-10H3,(H,56,66)(H,57,67)(H,58,72)(H,59,70)(H,60,71)(H,61,69)(H,62,73). The summed E-state index contributed by atoms with van der Waals surface area (Å²) in [6.45, 7) is 13.2. The van der Waals surface area contributed by atoms with Crippen LogP contribution in [0.1, 0.15) is 112 Å². The number of phenols is 1. The van der Waals surface area contributed by atoms with Gasteiger partial charge in [0.05, 0.1) is 0 Å². The highest BCUT2D eigenvalue weighted by molar-refractivity contribution is 6.03. The molecule has 4 rings (SSSR count). The number of allylic oxidation sites excluding steroid dienone is 1. The van der Waals surface area contributed by atoms with Gasteiger partial charge in [-0.25, -0.2) is 9.59 Å². The van der Waals surface area contributed by atoms with Gasteiger partial charge in [-0.3, -0.25) is 43.2 Å². The highest BCUT2D eigenvalue weighted by atomic mass is 16.6. The second-order valence-corrected chi connectivity index (χ2v) is 20.1. The fraction of sp³-hybridized carbons (Fsp3) is 0.545. The first-order valence-corrected chi connectivity index (χ1v) is 26.6. The number of amides is 9. The van der Waals surface area contributed by atoms with Crippen LogP contribution in [0.2, 0.25) is 0 Å². The van der Waals surface area contributed by atoms with E-state index >= 15 is 4.79 Å². The third-order valence-corrected chi connectivity index (χ3v) is 13.4. The van der Waals surface area contributed by atoms with Crippen LogP contribution in [0.15, 0.2) is 66.4 Å². The number of likely N-dealkylation sites (N-methyl/N-ethyl adjacent to an activating group) is 1. The number of piperidine rings is 1. The number of esters is 2. The molecular weight excluding hydrogens is 1030 g/mol. The van der Waals surface area contributed by atoms with Crippen LogP contribution in [0.5, 0.6) is 5.75 Å². The summed E-state index contributed by atoms with van der Waals surface area (Å²) in [6.07, 6.45) is -3.10. The number of fused-ring (bicyclic) bond motifs is 2. The van der Waals surface area contributed by atoms with E-state index in [1.807, 2.05) is 0 Å². The molecule has 432 valence electrons. The Bertz CT molecular complexity index is 2560. The molecular formula is C55H77N9O15. The first-order chi connectivity index (χ1) is 37.3. The van der Waals surface area contributed by atoms with Crippen LogP contribution in [0.25, 0.3) is 0 Å². The summed E-state index contributed by atoms with van der Waals surface area (Å²) >= 11 is 0. The molecule has 2 aliphatic rings. The van der Waals surface area contributed by atoms with Gasteiger partial charge in [0, 0.05) is 32.7 Å². The molecule has 2 heterocycles. The molecule has 2 bridgehead atoms. The van der Waals surface area contributed by atoms with E-state index in [2.05, 4.69) is 37.2 Å². The van der Waals surface area contributed by atoms with E-state index in [1.54, 1.807) is 58.0 Å². The molecule has 9 N–H and O–H groups in total. The number of rotatable bonds is 18. The molecule has 2 aromatic rings. The molecule has 2 fully saturated rings. The predicted molar refractivity (Wildman–Crippen MR) is 285 cm³/mol. The maximum absolute atomic E-state index is 15.1. The van der Waals surface area contributed by atoms with Gasteiger partial charge in [-0.1, -0.05) is 76.2 Å². The van der Waals surface area contributed by atoms with E-state index in [-0.39, 0.29) is 44.3 Å². The van der Waals surface area contributed by atoms with E-state index in [1.165, 1.54) is 72.0 Å². The predicted octanol–water partition coefficient (Wildman–Crippen LogP) is 0.416. The van der Waals surface area contributed by atoms with Gasteiger partial charge >= 0.3 is 11.9 Å². The number of hydrogen-bond donors (Lipinski definition) is 9. The first-order valence-electron chi connectivity index (χ1n) is 26.6. The zero-order valence-electron chi connectivity index (χ0n) is 46.5. The summed E-state index contributed by atoms with van der Waals surface area (Å²) in [7, 11) is 1.33. The van der Waals surface area contributed by atoms with Crippen LogP contribution in [-0.2, 0) is 75.1 Å². The van der Waals surface area contributed by atoms with Crippen molar-refractivity contribution in [2.24, 2.45) is 5.92 Å². The topological polar surface area (TPSA) is 337 Å². The number of carbonyl (C=O) groups excluding carboxylic acids is 11. The number of aliphatic hydroxyl groups excluding tert-OH is 1. The molecule has 2 aliphatic heterocycles. The lowest BCUT2D eigenvalue weighted by atomic mass is 9.95. The molecule has 9 amide bonds. The average Bonchev–Trinajstić information content (AvgIpc) is 3.43. The number of aromatic hydroxyl groups is 1. The Labute approximate surface area is 459 Å². The Kier molecular flexibility index (Phi) is 24.0. The number of nitrogens with one attached hydrogen (secondary N) is 7. The second kappa shape index (κ2) is 29.7. The van der Waals surface area contributed by atoms with Crippen LogP contribution in [-0.4, -0.2) is 159 Å². The molecule has 0 saturated carbocycles. The van der Waals surface area contributed by atoms with E-state index in [4.69, 9.17) is 9.47 Å². The molecule has 24 heteroatoms. The lowest BCUT2D eigenvalue weighted by molar-refractivity contribution is -0.165. The smallest absolute Gasteiger partial charge is 0.329 e. The lowest BCUT2D eigenvalue weighted by Gasteiger charge is -2.43. The summed E-state index contributed by atoms with van der Waals surface area (Å²) in [5.41, 5.74) is 0.583. The van der Waals surface area contributed by atoms with Crippen molar-refractivity contribution in [3.8, 4) is 5.75 Å². The van der Waals surface area contributed by atoms with Crippen LogP contribution in [0.3, 0.4) is 0 Å². The Morgan fingerprint density at radius 1 is 0.759 bits per heavy atom. The number of carbonyl (C=O) groups is 11. The molecule has 2 aromatic carbocycles. The Morgan fingerprint density at radius 2 is 1.34 bits per heavy atom. The molecule has 0 radical (unpaired) electrons. The summed E-state index contributed by atoms with van der Waals surface area (Å²) in [6, 6.07) is 2.31. The van der Waals surface area contributed by atoms with Crippen molar-refractivity contribution < 1.29 is 72.4 Å². The van der Waals surface area contributed by atoms with Crippen molar-refractivity contribution >= 4 is 65.1 Å². The van der Waals surface area contributed by atoms with Gasteiger partial charge in [0.25, 0.3) is 11.8 Å². The van der Waals surface area contributed by atoms with Gasteiger partial charge in [0.2, 0.25) is 41.4 Å². The molecule has 0 spiro atoms. The second-order valence-electron chi connectivity index (χ2n) is 20.1. The third kappa shape index (κ3) is 17.8. The molecule has 79 heavy (non-hydrogen) atoms. The Hall–Kier alpha value is -7.89. The van der Waals surface area contributed by atoms with Crippen LogP contribution in [0.4, 0.5) is 0 Å². The minimum Gasteiger partial charge on any atom is -0.508 e. The Morgan fingerprint density at radius 3 is 1.92 bits per heavy atom. The van der Waals surface area contributed by atoms with Crippen LogP contribution in [0, 0.1) is 5.92 Å². The highest BCUT2D eigenvalue weighted by Crippen LogP contribution is 2.26. The summed E-state index contributed by atoms with van der Waals surface area (Å²) in [5.74, 6) is -10.8. The van der Waals surface area contributed by atoms with E-state index < -0.39 is 143 Å². The lowest BCUT2D eigenvalue weighted by Crippen LogP contribution is -2.64. The monoisotopic (exact) mass is 1100 g/mol. The maximum Gasteiger partial charge on any atom is 0.329 e. The van der Waals surface area contributed by atoms with E-state index in [0.717, 1.165) is 9.80 Å². The number of aliphatic hydroxyl groups is 1. The quantitative estimate of drug-likeness (QED) is 0.0722. The summed E-state index contributed by atoms with van der Waals surface area (Å²) < 4.78 is 11.5. The Balaban J connectivity index is 1.85. The molecule has 11 unspecified atom stereocenters. The van der Waals surface area contributed by atoms with Gasteiger partial charge in [0.15, 0.2) is 0 Å². The van der Waals surface area contributed by atoms with Crippen LogP contribution < -0.4 is 37.2 Å². The van der Waals surface area contributed by atoms with E-state index in [9.17, 15) is 58.2 Å². The number of phenolic OH excluding ortho intramolecular Hbond substituents is 1. The van der Waals surface area contributed by atoms with Crippen molar-refractivity contribution in [2.75, 3.05) is 7.05 Å². The van der Waals surface area contributed by atoms with Gasteiger partial charge < -0.3 is 66.7 Å². The normalized spacial score (nSPS) is 23.7. The largest absolute Gasteiger partial charge is 0.508 e. The van der Waals surface area contributed by atoms with E-state index in [0.29, 0.717) is 24.0 Å². The van der Waals surface area contributed by atoms with Crippen molar-refractivity contribution in [2.45, 2.75) is 180 Å². The number of cyclic esters (lactones) is 1. The number of nitrogens with zero attached hydrogens (tertiary/aromatic N) is 2. The fourth-order valence-corrected chi connectivity index (χ4v) is 8.84. The third-order valence-electron chi connectivity index (χ3n) is 13.4. The summed E-state index contributed by atoms with van der Waals surface area (Å²) in [5, 5.41) is 39.2. The molecule has 24 nitrogen and oxygen atoms in total. The van der Waals surface area contributed by atoms with Crippen molar-refractivity contribution in [1.82, 2.24) is 47.0 Å². The molecule has 2 saturated heterocycles. The molecule has 11 atom stereocenters. The van der Waals surface area contributed by atoms with Crippen LogP contribution >= 0.6 is 0 Å². The summed E-state index contributed by atoms with van der Waals surface area (Å²) in [4.78, 5) is 156. The highest BCUT2D eigenvalue weighted by Gasteiger charge is 2.46. The zero-order valence-corrected chi connectivity index (χ0v) is 46.5. The van der Waals surface area contributed by atoms with Crippen molar-refractivity contribution in [3.05, 3.63) is 77.5 Å². The fourth-order valence-electron chi connectivity index (χ4n) is 8.84. The van der Waals surface area contributed by atoms with Crippen molar-refractivity contribution in [1.29, 1.82) is 0 Å². The SMILES string of the molecule is CC=C1NC(=O)C(NC(=O)C(NC(=O)C(C)NC(=O)CCC)C(C)OC(=O)C(C)NC(=O)CCC)C(C)OC(=O)C(C(C)C)NC(=O)C(Cc2ccc(O)cc2)N(C)C(=O)C(Cc2ccccc2)N2C(=O)C(CCC2O)NC1=O. The van der Waals surface area contributed by atoms with Gasteiger partial charge in [-0.05, 0) is 89.5 Å². The average molecular weight is 1100 g/mol. The molecule has 0 aromatic heterocycles. The number of benzene rings is 2. The number of ether oxygens (including phenoxy) is 2. The minimum absolute atomic E-state index is 0.0724. The minimum atomic E-state index is -1.97. The van der Waals surface area contributed by atoms with Gasteiger partial charge in [0.1, 0.15) is 78.2 Å². The van der Waals surface area contributed by atoms with Gasteiger partial charge in [-0.15, -0.1) is 0 Å². The molecule has 0 aliphatic carbocycles. The maximum atomic E-state index is 15.1. The number of hydrogen-bond acceptors (Lipinski definition) is 15. The zero-order chi connectivity index (χ0) is 58.8. The van der Waals surface area contributed by atoms with Crippen molar-refractivity contribution in [3.63, 3.8) is 0 Å². The first kappa shape index (κ1) is 63.6.